The fourth-order valence-corrected chi connectivity index (χ4v) is 0.485. The van der Waals surface area contributed by atoms with Gasteiger partial charge in [0, 0.05) is 6.42 Å². The van der Waals surface area contributed by atoms with Crippen LogP contribution >= 0.6 is 15.9 Å². The normalized spacial score (nSPS) is 12.0. The third-order valence-electron chi connectivity index (χ3n) is 0.656. The van der Waals surface area contributed by atoms with Gasteiger partial charge >= 0.3 is 0 Å². The molecular formula is C4H6BrF3. The van der Waals surface area contributed by atoms with Crippen LogP contribution in [-0.2, 0) is 0 Å². The highest BCUT2D eigenvalue weighted by Crippen LogP contribution is 2.20. The minimum absolute atomic E-state index is 0.454. The van der Waals surface area contributed by atoms with Crippen molar-refractivity contribution in [2.75, 3.05) is 12.0 Å². The minimum atomic E-state index is -2.87. The van der Waals surface area contributed by atoms with Crippen LogP contribution in [0.3, 0.4) is 0 Å². The Labute approximate surface area is 54.2 Å². The SMILES string of the molecule is FCCC(F)(F)CBr. The second kappa shape index (κ2) is 3.33. The fourth-order valence-electron chi connectivity index (χ4n) is 0.205. The average Bonchev–Trinajstić information content (AvgIpc) is 1.67. The lowest BCUT2D eigenvalue weighted by Gasteiger charge is -2.08. The molecule has 0 nitrogen and oxygen atoms in total. The topological polar surface area (TPSA) is 0 Å². The molecule has 0 aromatic carbocycles. The predicted molar refractivity (Wildman–Crippen MR) is 29.3 cm³/mol. The largest absolute Gasteiger partial charge is 0.260 e. The zero-order chi connectivity index (χ0) is 6.62. The Bertz CT molecular complexity index is 64.3. The molecule has 0 bridgehead atoms. The van der Waals surface area contributed by atoms with E-state index >= 15 is 0 Å². The van der Waals surface area contributed by atoms with E-state index in [2.05, 4.69) is 15.9 Å². The molecule has 0 rings (SSSR count). The summed E-state index contributed by atoms with van der Waals surface area (Å²) in [5.41, 5.74) is 0. The molecule has 0 atom stereocenters. The summed E-state index contributed by atoms with van der Waals surface area (Å²) in [6.07, 6.45) is -0.682. The molecule has 0 unspecified atom stereocenters. The molecule has 0 aromatic heterocycles. The molecule has 0 fully saturated rings. The summed E-state index contributed by atoms with van der Waals surface area (Å²) in [4.78, 5) is 0. The third-order valence-corrected chi connectivity index (χ3v) is 1.48. The Hall–Kier alpha value is 0.270. The summed E-state index contributed by atoms with van der Waals surface area (Å²) in [5.74, 6) is -2.87. The van der Waals surface area contributed by atoms with Gasteiger partial charge in [-0.25, -0.2) is 8.78 Å². The fraction of sp³-hybridized carbons (Fsp3) is 1.00. The second-order valence-corrected chi connectivity index (χ2v) is 1.99. The summed E-state index contributed by atoms with van der Waals surface area (Å²) in [6.45, 7) is -0.960. The zero-order valence-corrected chi connectivity index (χ0v) is 5.72. The van der Waals surface area contributed by atoms with Crippen molar-refractivity contribution < 1.29 is 13.2 Å². The minimum Gasteiger partial charge on any atom is -0.251 e. The first-order valence-corrected chi connectivity index (χ1v) is 3.24. The van der Waals surface area contributed by atoms with E-state index in [1.807, 2.05) is 0 Å². The van der Waals surface area contributed by atoms with Gasteiger partial charge in [0.15, 0.2) is 0 Å². The zero-order valence-electron chi connectivity index (χ0n) is 4.13. The summed E-state index contributed by atoms with van der Waals surface area (Å²) in [6, 6.07) is 0. The summed E-state index contributed by atoms with van der Waals surface area (Å²) < 4.78 is 34.9. The van der Waals surface area contributed by atoms with Crippen LogP contribution in [0.4, 0.5) is 13.2 Å². The lowest BCUT2D eigenvalue weighted by atomic mass is 10.3. The molecule has 0 saturated carbocycles. The first-order chi connectivity index (χ1) is 3.62. The molecule has 0 saturated heterocycles. The van der Waals surface area contributed by atoms with Crippen LogP contribution in [0.25, 0.3) is 0 Å². The lowest BCUT2D eigenvalue weighted by molar-refractivity contribution is 0.0135. The van der Waals surface area contributed by atoms with Crippen LogP contribution in [0.5, 0.6) is 0 Å². The Kier molecular flexibility index (Phi) is 3.44. The number of alkyl halides is 4. The van der Waals surface area contributed by atoms with Crippen molar-refractivity contribution >= 4 is 15.9 Å². The molecule has 0 aromatic rings. The van der Waals surface area contributed by atoms with E-state index in [4.69, 9.17) is 0 Å². The Morgan fingerprint density at radius 3 is 2.00 bits per heavy atom. The van der Waals surface area contributed by atoms with Crippen LogP contribution < -0.4 is 0 Å². The van der Waals surface area contributed by atoms with Gasteiger partial charge in [-0.05, 0) is 0 Å². The smallest absolute Gasteiger partial charge is 0.251 e. The van der Waals surface area contributed by atoms with Gasteiger partial charge in [0.2, 0.25) is 0 Å². The molecule has 0 N–H and O–H groups in total. The van der Waals surface area contributed by atoms with Crippen molar-refractivity contribution in [1.29, 1.82) is 0 Å². The molecule has 0 heterocycles. The highest BCUT2D eigenvalue weighted by Gasteiger charge is 2.25. The molecule has 0 amide bonds. The first-order valence-electron chi connectivity index (χ1n) is 2.12. The number of halogens is 4. The van der Waals surface area contributed by atoms with Crippen molar-refractivity contribution in [1.82, 2.24) is 0 Å². The summed E-state index contributed by atoms with van der Waals surface area (Å²) in [7, 11) is 0. The highest BCUT2D eigenvalue weighted by atomic mass is 79.9. The lowest BCUT2D eigenvalue weighted by Crippen LogP contribution is -2.17. The van der Waals surface area contributed by atoms with Gasteiger partial charge < -0.3 is 0 Å². The number of hydrogen-bond donors (Lipinski definition) is 0. The summed E-state index contributed by atoms with van der Waals surface area (Å²) in [5, 5.41) is -0.454. The van der Waals surface area contributed by atoms with Gasteiger partial charge in [-0.2, -0.15) is 0 Å². The molecule has 0 radical (unpaired) electrons. The van der Waals surface area contributed by atoms with Crippen LogP contribution in [0.2, 0.25) is 0 Å². The predicted octanol–water partition coefficient (Wildman–Crippen LogP) is 2.38. The van der Waals surface area contributed by atoms with E-state index in [0.29, 0.717) is 0 Å². The van der Waals surface area contributed by atoms with E-state index in [1.165, 1.54) is 0 Å². The van der Waals surface area contributed by atoms with Crippen molar-refractivity contribution in [2.45, 2.75) is 12.3 Å². The molecule has 8 heavy (non-hydrogen) atoms. The third kappa shape index (κ3) is 3.29. The first kappa shape index (κ1) is 8.27. The van der Waals surface area contributed by atoms with E-state index in [9.17, 15) is 13.2 Å². The molecule has 0 aliphatic rings. The summed E-state index contributed by atoms with van der Waals surface area (Å²) >= 11 is 2.56. The van der Waals surface area contributed by atoms with Gasteiger partial charge in [-0.3, -0.25) is 4.39 Å². The second-order valence-electron chi connectivity index (χ2n) is 1.43. The Morgan fingerprint density at radius 1 is 1.38 bits per heavy atom. The molecule has 50 valence electrons. The molecule has 0 aliphatic carbocycles. The Morgan fingerprint density at radius 2 is 1.88 bits per heavy atom. The monoisotopic (exact) mass is 190 g/mol. The van der Waals surface area contributed by atoms with Crippen LogP contribution in [0.15, 0.2) is 0 Å². The van der Waals surface area contributed by atoms with Gasteiger partial charge in [0.25, 0.3) is 5.92 Å². The molecule has 4 heteroatoms. The maximum absolute atomic E-state index is 11.9. The van der Waals surface area contributed by atoms with E-state index in [1.54, 1.807) is 0 Å². The van der Waals surface area contributed by atoms with Gasteiger partial charge in [-0.15, -0.1) is 0 Å². The van der Waals surface area contributed by atoms with Gasteiger partial charge in [0.1, 0.15) is 0 Å². The van der Waals surface area contributed by atoms with Gasteiger partial charge in [-0.1, -0.05) is 15.9 Å². The van der Waals surface area contributed by atoms with Crippen molar-refractivity contribution in [3.05, 3.63) is 0 Å². The maximum Gasteiger partial charge on any atom is 0.260 e. The molecule has 0 aliphatic heterocycles. The highest BCUT2D eigenvalue weighted by molar-refractivity contribution is 9.09. The van der Waals surface area contributed by atoms with Crippen LogP contribution in [0.1, 0.15) is 6.42 Å². The molecule has 0 spiro atoms. The van der Waals surface area contributed by atoms with E-state index < -0.39 is 24.3 Å². The number of rotatable bonds is 3. The van der Waals surface area contributed by atoms with Gasteiger partial charge in [0.05, 0.1) is 12.0 Å². The standard InChI is InChI=1S/C4H6BrF3/c5-3-4(7,8)1-2-6/h1-3H2. The van der Waals surface area contributed by atoms with Crippen LogP contribution in [-0.4, -0.2) is 17.9 Å². The molecular weight excluding hydrogens is 185 g/mol. The van der Waals surface area contributed by atoms with Crippen LogP contribution in [0, 0.1) is 0 Å². The van der Waals surface area contributed by atoms with E-state index in [-0.39, 0.29) is 0 Å². The Balaban J connectivity index is 3.37. The quantitative estimate of drug-likeness (QED) is 0.600. The maximum atomic E-state index is 11.9. The van der Waals surface area contributed by atoms with E-state index in [0.717, 1.165) is 0 Å². The van der Waals surface area contributed by atoms with Crippen molar-refractivity contribution in [2.24, 2.45) is 0 Å². The number of hydrogen-bond acceptors (Lipinski definition) is 0. The average molecular weight is 191 g/mol. The van der Waals surface area contributed by atoms with Crippen molar-refractivity contribution in [3.63, 3.8) is 0 Å². The van der Waals surface area contributed by atoms with Crippen molar-refractivity contribution in [3.8, 4) is 0 Å².